The fourth-order valence-corrected chi connectivity index (χ4v) is 0.474. The summed E-state index contributed by atoms with van der Waals surface area (Å²) in [7, 11) is 0. The van der Waals surface area contributed by atoms with E-state index in [9.17, 15) is 5.11 Å². The van der Waals surface area contributed by atoms with E-state index in [0.717, 1.165) is 0 Å². The van der Waals surface area contributed by atoms with Crippen molar-refractivity contribution in [1.82, 2.24) is 0 Å². The van der Waals surface area contributed by atoms with Gasteiger partial charge in [-0.05, 0) is 20.8 Å². The number of hydrogen-bond acceptors (Lipinski definition) is 3. The van der Waals surface area contributed by atoms with Crippen LogP contribution in [0.3, 0.4) is 0 Å². The standard InChI is InChI=1S/C8H13NO2/c1-4-11-6-7(5-9)8(2,3)10/h6,10H,4H2,1-3H3. The first-order valence-electron chi connectivity index (χ1n) is 3.47. The molecule has 0 bridgehead atoms. The molecule has 0 atom stereocenters. The third kappa shape index (κ3) is 3.64. The first-order valence-corrected chi connectivity index (χ1v) is 3.47. The van der Waals surface area contributed by atoms with Crippen molar-refractivity contribution in [2.45, 2.75) is 26.4 Å². The van der Waals surface area contributed by atoms with E-state index in [0.29, 0.717) is 6.61 Å². The molecule has 0 amide bonds. The van der Waals surface area contributed by atoms with Gasteiger partial charge < -0.3 is 9.84 Å². The molecule has 0 aromatic rings. The first kappa shape index (κ1) is 9.99. The Morgan fingerprint density at radius 3 is 2.55 bits per heavy atom. The minimum absolute atomic E-state index is 0.236. The van der Waals surface area contributed by atoms with Gasteiger partial charge >= 0.3 is 0 Å². The lowest BCUT2D eigenvalue weighted by molar-refractivity contribution is 0.118. The van der Waals surface area contributed by atoms with Gasteiger partial charge in [-0.1, -0.05) is 0 Å². The summed E-state index contributed by atoms with van der Waals surface area (Å²) >= 11 is 0. The van der Waals surface area contributed by atoms with E-state index < -0.39 is 5.60 Å². The maximum Gasteiger partial charge on any atom is 0.101 e. The van der Waals surface area contributed by atoms with E-state index in [1.165, 1.54) is 6.26 Å². The van der Waals surface area contributed by atoms with E-state index in [4.69, 9.17) is 10.00 Å². The molecule has 62 valence electrons. The van der Waals surface area contributed by atoms with Gasteiger partial charge in [0.25, 0.3) is 0 Å². The summed E-state index contributed by atoms with van der Waals surface area (Å²) in [5.74, 6) is 0. The summed E-state index contributed by atoms with van der Waals surface area (Å²) in [6, 6.07) is 1.86. The summed E-state index contributed by atoms with van der Waals surface area (Å²) < 4.78 is 4.87. The van der Waals surface area contributed by atoms with Crippen molar-refractivity contribution in [2.75, 3.05) is 6.61 Å². The van der Waals surface area contributed by atoms with Gasteiger partial charge in [0.05, 0.1) is 24.0 Å². The highest BCUT2D eigenvalue weighted by Crippen LogP contribution is 2.13. The highest BCUT2D eigenvalue weighted by Gasteiger charge is 2.19. The van der Waals surface area contributed by atoms with Gasteiger partial charge in [0, 0.05) is 0 Å². The van der Waals surface area contributed by atoms with Crippen molar-refractivity contribution < 1.29 is 9.84 Å². The van der Waals surface area contributed by atoms with Gasteiger partial charge in [0.2, 0.25) is 0 Å². The highest BCUT2D eigenvalue weighted by molar-refractivity contribution is 5.27. The number of aliphatic hydroxyl groups is 1. The van der Waals surface area contributed by atoms with Gasteiger partial charge in [-0.3, -0.25) is 0 Å². The minimum Gasteiger partial charge on any atom is -0.500 e. The van der Waals surface area contributed by atoms with E-state index in [2.05, 4.69) is 0 Å². The van der Waals surface area contributed by atoms with Crippen LogP contribution in [0, 0.1) is 11.3 Å². The monoisotopic (exact) mass is 155 g/mol. The van der Waals surface area contributed by atoms with Gasteiger partial charge in [0.15, 0.2) is 0 Å². The van der Waals surface area contributed by atoms with Crippen LogP contribution in [0.4, 0.5) is 0 Å². The fourth-order valence-electron chi connectivity index (χ4n) is 0.474. The lowest BCUT2D eigenvalue weighted by atomic mass is 10.0. The lowest BCUT2D eigenvalue weighted by Gasteiger charge is -2.14. The first-order chi connectivity index (χ1) is 5.02. The van der Waals surface area contributed by atoms with Gasteiger partial charge in [0.1, 0.15) is 6.07 Å². The Kier molecular flexibility index (Phi) is 3.63. The molecule has 3 nitrogen and oxygen atoms in total. The normalized spacial score (nSPS) is 12.5. The van der Waals surface area contributed by atoms with E-state index in [-0.39, 0.29) is 5.57 Å². The Morgan fingerprint density at radius 2 is 2.27 bits per heavy atom. The average Bonchev–Trinajstić information content (AvgIpc) is 1.87. The van der Waals surface area contributed by atoms with Crippen molar-refractivity contribution in [3.05, 3.63) is 11.8 Å². The SMILES string of the molecule is CCOC=C(C#N)C(C)(C)O. The highest BCUT2D eigenvalue weighted by atomic mass is 16.5. The van der Waals surface area contributed by atoms with Crippen molar-refractivity contribution in [3.8, 4) is 6.07 Å². The predicted octanol–water partition coefficient (Wildman–Crippen LogP) is 1.20. The molecule has 1 N–H and O–H groups in total. The second kappa shape index (κ2) is 3.99. The molecule has 0 aliphatic heterocycles. The zero-order chi connectivity index (χ0) is 8.91. The van der Waals surface area contributed by atoms with Crippen LogP contribution in [0.25, 0.3) is 0 Å². The van der Waals surface area contributed by atoms with Crippen LogP contribution in [0.5, 0.6) is 0 Å². The zero-order valence-corrected chi connectivity index (χ0v) is 7.09. The maximum atomic E-state index is 9.33. The van der Waals surface area contributed by atoms with Crippen LogP contribution in [0.15, 0.2) is 11.8 Å². The molecule has 0 rings (SSSR count). The average molecular weight is 155 g/mol. The topological polar surface area (TPSA) is 53.2 Å². The minimum atomic E-state index is -1.11. The molecule has 0 radical (unpaired) electrons. The Hall–Kier alpha value is -1.01. The quantitative estimate of drug-likeness (QED) is 0.492. The third-order valence-corrected chi connectivity index (χ3v) is 1.15. The third-order valence-electron chi connectivity index (χ3n) is 1.15. The molecule has 0 spiro atoms. The Labute approximate surface area is 66.9 Å². The van der Waals surface area contributed by atoms with Crippen LogP contribution in [0.2, 0.25) is 0 Å². The molecule has 3 heteroatoms. The van der Waals surface area contributed by atoms with Gasteiger partial charge in [-0.15, -0.1) is 0 Å². The second-order valence-electron chi connectivity index (χ2n) is 2.66. The number of ether oxygens (including phenoxy) is 1. The molecule has 0 aromatic heterocycles. The Morgan fingerprint density at radius 1 is 1.73 bits per heavy atom. The largest absolute Gasteiger partial charge is 0.500 e. The van der Waals surface area contributed by atoms with Gasteiger partial charge in [-0.25, -0.2) is 0 Å². The summed E-state index contributed by atoms with van der Waals surface area (Å²) in [5.41, 5.74) is -0.872. The summed E-state index contributed by atoms with van der Waals surface area (Å²) in [6.45, 7) is 5.40. The second-order valence-corrected chi connectivity index (χ2v) is 2.66. The predicted molar refractivity (Wildman–Crippen MR) is 41.6 cm³/mol. The molecule has 0 aliphatic rings. The van der Waals surface area contributed by atoms with E-state index >= 15 is 0 Å². The maximum absolute atomic E-state index is 9.33. The van der Waals surface area contributed by atoms with Crippen molar-refractivity contribution in [1.29, 1.82) is 5.26 Å². The lowest BCUT2D eigenvalue weighted by Crippen LogP contribution is -2.21. The van der Waals surface area contributed by atoms with Crippen molar-refractivity contribution in [2.24, 2.45) is 0 Å². The van der Waals surface area contributed by atoms with Crippen LogP contribution in [0.1, 0.15) is 20.8 Å². The Balaban J connectivity index is 4.32. The summed E-state index contributed by atoms with van der Waals surface area (Å²) in [5, 5.41) is 17.9. The van der Waals surface area contributed by atoms with Gasteiger partial charge in [-0.2, -0.15) is 5.26 Å². The fraction of sp³-hybridized carbons (Fsp3) is 0.625. The number of nitrogens with zero attached hydrogens (tertiary/aromatic N) is 1. The number of nitriles is 1. The molecule has 0 saturated heterocycles. The van der Waals surface area contributed by atoms with Crippen molar-refractivity contribution in [3.63, 3.8) is 0 Å². The molecule has 0 heterocycles. The number of rotatable bonds is 3. The summed E-state index contributed by atoms with van der Waals surface area (Å²) in [6.07, 6.45) is 1.29. The number of hydrogen-bond donors (Lipinski definition) is 1. The summed E-state index contributed by atoms with van der Waals surface area (Å²) in [4.78, 5) is 0. The molecule has 0 aliphatic carbocycles. The molecule has 0 aromatic carbocycles. The molecule has 0 saturated carbocycles. The van der Waals surface area contributed by atoms with Crippen LogP contribution in [-0.4, -0.2) is 17.3 Å². The molecular formula is C8H13NO2. The molecule has 0 fully saturated rings. The van der Waals surface area contributed by atoms with E-state index in [1.807, 2.05) is 13.0 Å². The Bertz CT molecular complexity index is 183. The zero-order valence-electron chi connectivity index (χ0n) is 7.09. The van der Waals surface area contributed by atoms with Crippen LogP contribution >= 0.6 is 0 Å². The van der Waals surface area contributed by atoms with E-state index in [1.54, 1.807) is 13.8 Å². The molecule has 0 unspecified atom stereocenters. The van der Waals surface area contributed by atoms with Crippen LogP contribution < -0.4 is 0 Å². The van der Waals surface area contributed by atoms with Crippen LogP contribution in [-0.2, 0) is 4.74 Å². The van der Waals surface area contributed by atoms with Crippen molar-refractivity contribution >= 4 is 0 Å². The smallest absolute Gasteiger partial charge is 0.101 e. The molecule has 11 heavy (non-hydrogen) atoms. The molecular weight excluding hydrogens is 142 g/mol.